The van der Waals surface area contributed by atoms with Crippen LogP contribution >= 0.6 is 0 Å². The topological polar surface area (TPSA) is 152 Å². The van der Waals surface area contributed by atoms with E-state index in [2.05, 4.69) is 66.1 Å². The van der Waals surface area contributed by atoms with Crippen LogP contribution in [0.25, 0.3) is 0 Å². The average Bonchev–Trinajstić information content (AvgIpc) is 0.831. The zero-order valence-corrected chi connectivity index (χ0v) is 55.1. The first-order valence-corrected chi connectivity index (χ1v) is 34.8. The molecule has 8 atom stereocenters. The van der Waals surface area contributed by atoms with E-state index in [0.29, 0.717) is 45.8 Å². The summed E-state index contributed by atoms with van der Waals surface area (Å²) < 4.78 is 56.7. The zero-order valence-electron chi connectivity index (χ0n) is 55.1. The van der Waals surface area contributed by atoms with Crippen LogP contribution in [-0.2, 0) is 82.3 Å². The highest BCUT2D eigenvalue weighted by Crippen LogP contribution is 2.33. The highest BCUT2D eigenvalue weighted by atomic mass is 16.7. The predicted octanol–water partition coefficient (Wildman–Crippen LogP) is 17.6. The fraction of sp³-hybridized carbons (Fsp3) is 0.519. The van der Waals surface area contributed by atoms with E-state index in [4.69, 9.17) is 43.0 Å². The molecule has 1 fully saturated rings. The van der Waals surface area contributed by atoms with Crippen molar-refractivity contribution >= 4 is 12.0 Å². The average molecular weight is 1260 g/mol. The highest BCUT2D eigenvalue weighted by Gasteiger charge is 2.50. The monoisotopic (exact) mass is 1260 g/mol. The Morgan fingerprint density at radius 2 is 0.826 bits per heavy atom. The number of hydrogen-bond donors (Lipinski definition) is 3. The predicted molar refractivity (Wildman–Crippen MR) is 366 cm³/mol. The van der Waals surface area contributed by atoms with Crippen LogP contribution in [0.1, 0.15) is 188 Å². The Bertz CT molecular complexity index is 2770. The number of unbranched alkanes of at least 4 members (excludes halogenated alkanes) is 19. The molecule has 3 N–H and O–H groups in total. The van der Waals surface area contributed by atoms with Crippen LogP contribution in [0, 0.1) is 0 Å². The molecule has 0 unspecified atom stereocenters. The summed E-state index contributed by atoms with van der Waals surface area (Å²) in [6.07, 6.45) is 18.8. The van der Waals surface area contributed by atoms with Crippen molar-refractivity contribution in [3.63, 3.8) is 0 Å². The molecule has 1 aliphatic heterocycles. The molecule has 0 aromatic heterocycles. The summed E-state index contributed by atoms with van der Waals surface area (Å²) in [6, 6.07) is 60.3. The molecule has 0 spiro atoms. The second kappa shape index (κ2) is 45.9. The van der Waals surface area contributed by atoms with E-state index >= 15 is 0 Å². The molecule has 2 amide bonds. The number of hydrogen-bond acceptors (Lipinski definition) is 10. The third-order valence-electron chi connectivity index (χ3n) is 17.2. The minimum atomic E-state index is -1.03. The standard InChI is InChI=1S/C79H108N2O11/c1-2-3-4-5-6-7-8-9-11-14-17-38-53-71(86-57-65-43-28-21-29-44-65)74(87-58-66-45-30-22-31-46-66)70(81-73(82)54-39-18-15-12-10-13-16-19-40-55-80-79(83)84)62-91-78-77(90-61-69-51-36-25-37-52-69)76(89-60-68-49-34-24-35-50-68)75(88-59-67-47-32-23-33-48-67)72(92-78)63-85-56-64-41-26-20-27-42-64/h20-37,41-52,70-72,74-78,80H,2-19,38-40,53-63H2,1H3,(H,81,82)(H,83,84)/t70-,71+,72+,74-,75-,76-,77+,78-/m0/s1. The Morgan fingerprint density at radius 1 is 0.435 bits per heavy atom. The molecule has 500 valence electrons. The third kappa shape index (κ3) is 29.8. The van der Waals surface area contributed by atoms with Crippen LogP contribution in [0.2, 0.25) is 0 Å². The van der Waals surface area contributed by atoms with Gasteiger partial charge in [-0.15, -0.1) is 0 Å². The molecule has 6 aromatic carbocycles. The fourth-order valence-electron chi connectivity index (χ4n) is 12.0. The number of benzene rings is 6. The molecule has 0 bridgehead atoms. The van der Waals surface area contributed by atoms with Crippen molar-refractivity contribution in [2.75, 3.05) is 19.8 Å². The molecular formula is C79H108N2O11. The normalized spacial score (nSPS) is 17.4. The molecule has 13 nitrogen and oxygen atoms in total. The number of ether oxygens (including phenoxy) is 8. The number of carboxylic acid groups (broad SMARTS) is 1. The smallest absolute Gasteiger partial charge is 0.404 e. The summed E-state index contributed by atoms with van der Waals surface area (Å²) in [4.78, 5) is 25.6. The Morgan fingerprint density at radius 3 is 1.29 bits per heavy atom. The number of carbonyl (C=O) groups excluding carboxylic acids is 1. The summed E-state index contributed by atoms with van der Waals surface area (Å²) in [5.41, 5.74) is 6.06. The first kappa shape index (κ1) is 73.2. The molecule has 0 radical (unpaired) electrons. The quantitative estimate of drug-likeness (QED) is 0.0313. The van der Waals surface area contributed by atoms with E-state index in [9.17, 15) is 9.59 Å². The van der Waals surface area contributed by atoms with Gasteiger partial charge in [-0.25, -0.2) is 4.79 Å². The molecule has 0 saturated carbocycles. The summed E-state index contributed by atoms with van der Waals surface area (Å²) in [5.74, 6) is -0.0823. The van der Waals surface area contributed by atoms with Gasteiger partial charge in [-0.2, -0.15) is 0 Å². The van der Waals surface area contributed by atoms with Crippen molar-refractivity contribution in [2.24, 2.45) is 0 Å². The van der Waals surface area contributed by atoms with Crippen LogP contribution in [0.3, 0.4) is 0 Å². The van der Waals surface area contributed by atoms with Gasteiger partial charge in [0.05, 0.1) is 65.0 Å². The van der Waals surface area contributed by atoms with E-state index in [0.717, 1.165) is 110 Å². The van der Waals surface area contributed by atoms with Crippen molar-refractivity contribution < 1.29 is 52.6 Å². The van der Waals surface area contributed by atoms with Gasteiger partial charge < -0.3 is 53.6 Å². The molecule has 1 saturated heterocycles. The maximum absolute atomic E-state index is 14.8. The Balaban J connectivity index is 1.18. The molecule has 6 aromatic rings. The first-order chi connectivity index (χ1) is 45.4. The lowest BCUT2D eigenvalue weighted by molar-refractivity contribution is -0.330. The molecule has 1 aliphatic rings. The fourth-order valence-corrected chi connectivity index (χ4v) is 12.0. The summed E-state index contributed by atoms with van der Waals surface area (Å²) in [7, 11) is 0. The number of amides is 2. The molecule has 0 aliphatic carbocycles. The molecule has 1 heterocycles. The van der Waals surface area contributed by atoms with E-state index < -0.39 is 55.0 Å². The lowest BCUT2D eigenvalue weighted by Crippen LogP contribution is -2.62. The second-order valence-corrected chi connectivity index (χ2v) is 24.8. The van der Waals surface area contributed by atoms with Crippen LogP contribution in [0.15, 0.2) is 182 Å². The van der Waals surface area contributed by atoms with Crippen LogP contribution < -0.4 is 10.6 Å². The molecule has 7 rings (SSSR count). The van der Waals surface area contributed by atoms with Gasteiger partial charge in [-0.05, 0) is 52.6 Å². The summed E-state index contributed by atoms with van der Waals surface area (Å²) in [6.45, 7) is 4.74. The van der Waals surface area contributed by atoms with E-state index in [-0.39, 0.29) is 32.3 Å². The minimum Gasteiger partial charge on any atom is -0.465 e. The molecular weight excluding hydrogens is 1150 g/mol. The van der Waals surface area contributed by atoms with Crippen molar-refractivity contribution in [2.45, 2.75) is 243 Å². The van der Waals surface area contributed by atoms with Gasteiger partial charge >= 0.3 is 6.09 Å². The van der Waals surface area contributed by atoms with Gasteiger partial charge in [0.1, 0.15) is 30.5 Å². The van der Waals surface area contributed by atoms with E-state index in [1.807, 2.05) is 133 Å². The zero-order chi connectivity index (χ0) is 64.1. The van der Waals surface area contributed by atoms with E-state index in [1.165, 1.54) is 57.8 Å². The molecule has 13 heteroatoms. The summed E-state index contributed by atoms with van der Waals surface area (Å²) >= 11 is 0. The third-order valence-corrected chi connectivity index (χ3v) is 17.2. The largest absolute Gasteiger partial charge is 0.465 e. The Kier molecular flexibility index (Phi) is 36.5. The minimum absolute atomic E-state index is 0.00436. The van der Waals surface area contributed by atoms with Gasteiger partial charge in [0, 0.05) is 13.0 Å². The number of nitrogens with one attached hydrogen (secondary N) is 2. The summed E-state index contributed by atoms with van der Waals surface area (Å²) in [5, 5.41) is 14.9. The van der Waals surface area contributed by atoms with Crippen molar-refractivity contribution in [1.82, 2.24) is 10.6 Å². The van der Waals surface area contributed by atoms with Gasteiger partial charge in [0.2, 0.25) is 5.91 Å². The highest BCUT2D eigenvalue weighted by molar-refractivity contribution is 5.76. The number of rotatable bonds is 50. The lowest BCUT2D eigenvalue weighted by Gasteiger charge is -2.46. The maximum atomic E-state index is 14.8. The maximum Gasteiger partial charge on any atom is 0.404 e. The van der Waals surface area contributed by atoms with Gasteiger partial charge in [-0.1, -0.05) is 311 Å². The lowest BCUT2D eigenvalue weighted by atomic mass is 9.97. The van der Waals surface area contributed by atoms with Gasteiger partial charge in [0.25, 0.3) is 0 Å². The van der Waals surface area contributed by atoms with Crippen molar-refractivity contribution in [3.05, 3.63) is 215 Å². The van der Waals surface area contributed by atoms with E-state index in [1.54, 1.807) is 0 Å². The number of carbonyl (C=O) groups is 2. The Hall–Kier alpha value is -6.26. The van der Waals surface area contributed by atoms with Crippen molar-refractivity contribution in [1.29, 1.82) is 0 Å². The Labute approximate surface area is 551 Å². The second-order valence-electron chi connectivity index (χ2n) is 24.8. The van der Waals surface area contributed by atoms with Crippen molar-refractivity contribution in [3.8, 4) is 0 Å². The van der Waals surface area contributed by atoms with Crippen LogP contribution in [-0.4, -0.2) is 85.8 Å². The SMILES string of the molecule is CCCCCCCCCCCCCC[C@@H](OCc1ccccc1)[C@@H](OCc1ccccc1)[C@H](CO[C@H]1O[C@H](COCc2ccccc2)[C@H](OCc2ccccc2)[C@H](OCc2ccccc2)[C@H]1OCc1ccccc1)NC(=O)CCCCCCCCCCCNC(=O)O. The first-order valence-electron chi connectivity index (χ1n) is 34.8. The molecule has 92 heavy (non-hydrogen) atoms. The van der Waals surface area contributed by atoms with Crippen LogP contribution in [0.5, 0.6) is 0 Å². The van der Waals surface area contributed by atoms with Crippen LogP contribution in [0.4, 0.5) is 4.79 Å². The van der Waals surface area contributed by atoms with Gasteiger partial charge in [-0.3, -0.25) is 4.79 Å². The van der Waals surface area contributed by atoms with Gasteiger partial charge in [0.15, 0.2) is 6.29 Å².